The van der Waals surface area contributed by atoms with Crippen molar-refractivity contribution < 1.29 is 4.79 Å². The molecule has 0 spiro atoms. The minimum Gasteiger partial charge on any atom is -0.353 e. The average Bonchev–Trinajstić information content (AvgIpc) is 2.69. The smallest absolute Gasteiger partial charge is 0.236 e. The Morgan fingerprint density at radius 3 is 3.07 bits per heavy atom. The summed E-state index contributed by atoms with van der Waals surface area (Å²) in [6.45, 7) is 3.13. The normalized spacial score (nSPS) is 12.4. The Morgan fingerprint density at radius 2 is 2.50 bits per heavy atom. The average molecular weight is 196 g/mol. The van der Waals surface area contributed by atoms with Crippen LogP contribution in [0.5, 0.6) is 0 Å². The van der Waals surface area contributed by atoms with Crippen molar-refractivity contribution in [2.24, 2.45) is 5.73 Å². The number of aromatic nitrogens is 2. The Bertz CT molecular complexity index is 270. The van der Waals surface area contributed by atoms with Crippen LogP contribution in [0.1, 0.15) is 13.3 Å². The van der Waals surface area contributed by atoms with Crippen molar-refractivity contribution in [2.75, 3.05) is 6.54 Å². The number of carbonyl (C=O) groups excluding carboxylic acids is 1. The first-order chi connectivity index (χ1) is 6.74. The van der Waals surface area contributed by atoms with Gasteiger partial charge >= 0.3 is 0 Å². The number of nitrogens with two attached hydrogens (primary N) is 1. The first-order valence-corrected chi connectivity index (χ1v) is 4.74. The van der Waals surface area contributed by atoms with Gasteiger partial charge in [0.2, 0.25) is 5.91 Å². The lowest BCUT2D eigenvalue weighted by atomic mass is 10.2. The highest BCUT2D eigenvalue weighted by Crippen LogP contribution is 1.86. The van der Waals surface area contributed by atoms with Crippen LogP contribution in [0, 0.1) is 0 Å². The number of nitrogens with one attached hydrogen (secondary N) is 1. The molecule has 0 aliphatic heterocycles. The Hall–Kier alpha value is -1.36. The lowest BCUT2D eigenvalue weighted by molar-refractivity contribution is -0.122. The number of nitrogens with zero attached hydrogens (tertiary/aromatic N) is 2. The molecule has 0 saturated heterocycles. The summed E-state index contributed by atoms with van der Waals surface area (Å²) in [6.07, 6.45) is 4.22. The van der Waals surface area contributed by atoms with E-state index in [0.717, 1.165) is 0 Å². The number of rotatable bonds is 5. The van der Waals surface area contributed by atoms with Gasteiger partial charge in [-0.2, -0.15) is 5.10 Å². The van der Waals surface area contributed by atoms with Gasteiger partial charge in [-0.3, -0.25) is 9.48 Å². The summed E-state index contributed by atoms with van der Waals surface area (Å²) in [5.74, 6) is -0.0975. The molecular weight excluding hydrogens is 180 g/mol. The zero-order valence-electron chi connectivity index (χ0n) is 8.31. The quantitative estimate of drug-likeness (QED) is 0.681. The van der Waals surface area contributed by atoms with E-state index in [4.69, 9.17) is 5.73 Å². The fourth-order valence-electron chi connectivity index (χ4n) is 1.04. The van der Waals surface area contributed by atoms with Crippen LogP contribution in [-0.2, 0) is 11.3 Å². The van der Waals surface area contributed by atoms with Crippen molar-refractivity contribution >= 4 is 5.91 Å². The Morgan fingerprint density at radius 1 is 1.71 bits per heavy atom. The summed E-state index contributed by atoms with van der Waals surface area (Å²) in [5.41, 5.74) is 5.54. The number of hydrogen-bond donors (Lipinski definition) is 2. The van der Waals surface area contributed by atoms with Gasteiger partial charge in [0.1, 0.15) is 0 Å². The highest BCUT2D eigenvalue weighted by molar-refractivity contribution is 5.81. The van der Waals surface area contributed by atoms with Crippen molar-refractivity contribution in [2.45, 2.75) is 25.9 Å². The summed E-state index contributed by atoms with van der Waals surface area (Å²) < 4.78 is 1.76. The van der Waals surface area contributed by atoms with E-state index in [2.05, 4.69) is 10.4 Å². The highest BCUT2D eigenvalue weighted by Gasteiger charge is 2.09. The van der Waals surface area contributed by atoms with Crippen LogP contribution in [0.3, 0.4) is 0 Å². The summed E-state index contributed by atoms with van der Waals surface area (Å²) >= 11 is 0. The molecule has 0 aromatic carbocycles. The molecule has 5 nitrogen and oxygen atoms in total. The van der Waals surface area contributed by atoms with E-state index in [1.54, 1.807) is 10.9 Å². The monoisotopic (exact) mass is 196 g/mol. The predicted octanol–water partition coefficient (Wildman–Crippen LogP) is -0.263. The lowest BCUT2D eigenvalue weighted by Crippen LogP contribution is -2.41. The maximum Gasteiger partial charge on any atom is 0.236 e. The molecule has 0 fully saturated rings. The van der Waals surface area contributed by atoms with Crippen LogP contribution in [0.25, 0.3) is 0 Å². The molecule has 3 N–H and O–H groups in total. The van der Waals surface area contributed by atoms with Gasteiger partial charge in [-0.25, -0.2) is 0 Å². The fraction of sp³-hybridized carbons (Fsp3) is 0.556. The van der Waals surface area contributed by atoms with Crippen LogP contribution in [0.4, 0.5) is 0 Å². The molecule has 0 saturated carbocycles. The van der Waals surface area contributed by atoms with E-state index < -0.39 is 6.04 Å². The third-order valence-electron chi connectivity index (χ3n) is 1.98. The Labute approximate surface area is 83.3 Å². The van der Waals surface area contributed by atoms with Crippen LogP contribution in [0.2, 0.25) is 0 Å². The summed E-state index contributed by atoms with van der Waals surface area (Å²) in [7, 11) is 0. The molecule has 0 aliphatic rings. The first-order valence-electron chi connectivity index (χ1n) is 4.74. The molecule has 1 rings (SSSR count). The molecular formula is C9H16N4O. The van der Waals surface area contributed by atoms with E-state index in [0.29, 0.717) is 19.5 Å². The standard InChI is InChI=1S/C9H16N4O/c1-2-8(10)9(14)11-5-7-13-6-3-4-12-13/h3-4,6,8H,2,5,7,10H2,1H3,(H,11,14). The van der Waals surface area contributed by atoms with Crippen LogP contribution in [-0.4, -0.2) is 28.3 Å². The second-order valence-corrected chi connectivity index (χ2v) is 3.07. The molecule has 5 heteroatoms. The van der Waals surface area contributed by atoms with E-state index in [1.807, 2.05) is 19.2 Å². The van der Waals surface area contributed by atoms with Gasteiger partial charge in [0, 0.05) is 18.9 Å². The molecule has 0 radical (unpaired) electrons. The molecule has 1 unspecified atom stereocenters. The van der Waals surface area contributed by atoms with Gasteiger partial charge < -0.3 is 11.1 Å². The first kappa shape index (κ1) is 10.7. The summed E-state index contributed by atoms with van der Waals surface area (Å²) in [6, 6.07) is 1.45. The molecule has 78 valence electrons. The molecule has 1 atom stereocenters. The topological polar surface area (TPSA) is 72.9 Å². The molecule has 0 bridgehead atoms. The minimum absolute atomic E-state index is 0.0975. The molecule has 1 amide bonds. The van der Waals surface area contributed by atoms with Gasteiger partial charge in [0.05, 0.1) is 12.6 Å². The largest absolute Gasteiger partial charge is 0.353 e. The molecule has 14 heavy (non-hydrogen) atoms. The zero-order chi connectivity index (χ0) is 10.4. The van der Waals surface area contributed by atoms with Crippen molar-refractivity contribution in [3.05, 3.63) is 18.5 Å². The van der Waals surface area contributed by atoms with Gasteiger partial charge in [-0.15, -0.1) is 0 Å². The zero-order valence-corrected chi connectivity index (χ0v) is 8.31. The van der Waals surface area contributed by atoms with Crippen molar-refractivity contribution in [1.29, 1.82) is 0 Å². The van der Waals surface area contributed by atoms with E-state index >= 15 is 0 Å². The molecule has 1 aromatic heterocycles. The van der Waals surface area contributed by atoms with Crippen molar-refractivity contribution in [3.8, 4) is 0 Å². The Balaban J connectivity index is 2.18. The second kappa shape index (κ2) is 5.39. The lowest BCUT2D eigenvalue weighted by Gasteiger charge is -2.09. The third kappa shape index (κ3) is 3.18. The highest BCUT2D eigenvalue weighted by atomic mass is 16.2. The maximum atomic E-state index is 11.2. The van der Waals surface area contributed by atoms with E-state index in [9.17, 15) is 4.79 Å². The second-order valence-electron chi connectivity index (χ2n) is 3.07. The van der Waals surface area contributed by atoms with Gasteiger partial charge in [-0.1, -0.05) is 6.92 Å². The summed E-state index contributed by atoms with van der Waals surface area (Å²) in [4.78, 5) is 11.2. The SMILES string of the molecule is CCC(N)C(=O)NCCn1cccn1. The minimum atomic E-state index is -0.396. The summed E-state index contributed by atoms with van der Waals surface area (Å²) in [5, 5.41) is 6.76. The van der Waals surface area contributed by atoms with Gasteiger partial charge in [0.15, 0.2) is 0 Å². The number of amides is 1. The van der Waals surface area contributed by atoms with Crippen LogP contribution in [0.15, 0.2) is 18.5 Å². The maximum absolute atomic E-state index is 11.2. The van der Waals surface area contributed by atoms with Crippen LogP contribution >= 0.6 is 0 Å². The molecule has 0 aliphatic carbocycles. The van der Waals surface area contributed by atoms with Gasteiger partial charge in [0.25, 0.3) is 0 Å². The van der Waals surface area contributed by atoms with Crippen LogP contribution < -0.4 is 11.1 Å². The molecule has 1 aromatic rings. The number of carbonyl (C=O) groups is 1. The predicted molar refractivity (Wildman–Crippen MR) is 53.5 cm³/mol. The van der Waals surface area contributed by atoms with Gasteiger partial charge in [-0.05, 0) is 12.5 Å². The van der Waals surface area contributed by atoms with Crippen molar-refractivity contribution in [1.82, 2.24) is 15.1 Å². The number of hydrogen-bond acceptors (Lipinski definition) is 3. The third-order valence-corrected chi connectivity index (χ3v) is 1.98. The fourth-order valence-corrected chi connectivity index (χ4v) is 1.04. The Kier molecular flexibility index (Phi) is 4.12. The van der Waals surface area contributed by atoms with E-state index in [1.165, 1.54) is 0 Å². The van der Waals surface area contributed by atoms with E-state index in [-0.39, 0.29) is 5.91 Å². The molecule has 1 heterocycles. The van der Waals surface area contributed by atoms with Crippen molar-refractivity contribution in [3.63, 3.8) is 0 Å².